The van der Waals surface area contributed by atoms with Crippen molar-refractivity contribution in [2.45, 2.75) is 62.2 Å². The van der Waals surface area contributed by atoms with Crippen LogP contribution in [0, 0.1) is 0 Å². The molecule has 124 valence electrons. The van der Waals surface area contributed by atoms with Gasteiger partial charge in [-0.25, -0.2) is 4.79 Å². The highest BCUT2D eigenvalue weighted by atomic mass is 16.7. The maximum Gasteiger partial charge on any atom is 0.331 e. The van der Waals surface area contributed by atoms with Crippen LogP contribution in [0.5, 0.6) is 0 Å². The quantitative estimate of drug-likeness (QED) is 0.450. The summed E-state index contributed by atoms with van der Waals surface area (Å²) in [6.07, 6.45) is -3.81. The second kappa shape index (κ2) is 6.23. The third-order valence-corrected chi connectivity index (χ3v) is 4.38. The Morgan fingerprint density at radius 2 is 2.00 bits per heavy atom. The number of ether oxygens (including phenoxy) is 3. The Balaban J connectivity index is 1.61. The minimum atomic E-state index is -1.46. The first-order chi connectivity index (χ1) is 10.5. The number of carbonyl (C=O) groups is 1. The Labute approximate surface area is 126 Å². The van der Waals surface area contributed by atoms with Crippen LogP contribution in [0.3, 0.4) is 0 Å². The zero-order valence-corrected chi connectivity index (χ0v) is 11.9. The Hall–Kier alpha value is -1.03. The fourth-order valence-corrected chi connectivity index (χ4v) is 3.10. The van der Waals surface area contributed by atoms with E-state index in [1.165, 1.54) is 6.08 Å². The summed E-state index contributed by atoms with van der Waals surface area (Å²) in [4.78, 5) is 11.2. The van der Waals surface area contributed by atoms with Gasteiger partial charge in [-0.15, -0.1) is 0 Å². The van der Waals surface area contributed by atoms with Gasteiger partial charge in [0.2, 0.25) is 0 Å². The molecule has 22 heavy (non-hydrogen) atoms. The molecule has 0 aromatic carbocycles. The van der Waals surface area contributed by atoms with Crippen LogP contribution in [0.25, 0.3) is 0 Å². The summed E-state index contributed by atoms with van der Waals surface area (Å²) in [5.74, 6) is -0.353. The molecule has 0 amide bonds. The number of fused-ring (bicyclic) bond motifs is 1. The predicted molar refractivity (Wildman–Crippen MR) is 70.5 cm³/mol. The second-order valence-corrected chi connectivity index (χ2v) is 5.87. The molecule has 4 N–H and O–H groups in total. The monoisotopic (exact) mass is 316 g/mol. The van der Waals surface area contributed by atoms with Gasteiger partial charge in [-0.2, -0.15) is 0 Å². The summed E-state index contributed by atoms with van der Waals surface area (Å²) in [5, 5.41) is 38.5. The maximum atomic E-state index is 11.2. The predicted octanol–water partition coefficient (Wildman–Crippen LogP) is -1.79. The van der Waals surface area contributed by atoms with Crippen LogP contribution in [0.15, 0.2) is 11.6 Å². The van der Waals surface area contributed by atoms with Crippen molar-refractivity contribution in [3.8, 4) is 0 Å². The van der Waals surface area contributed by atoms with Crippen LogP contribution in [-0.2, 0) is 19.0 Å². The fraction of sp³-hybridized carbons (Fsp3) is 0.786. The van der Waals surface area contributed by atoms with Gasteiger partial charge in [0.15, 0.2) is 6.29 Å². The van der Waals surface area contributed by atoms with Crippen molar-refractivity contribution in [3.05, 3.63) is 11.6 Å². The van der Waals surface area contributed by atoms with E-state index in [-0.39, 0.29) is 18.2 Å². The number of carbonyl (C=O) groups excluding carboxylic acids is 1. The van der Waals surface area contributed by atoms with E-state index in [9.17, 15) is 20.1 Å². The van der Waals surface area contributed by atoms with Crippen LogP contribution in [0.4, 0.5) is 0 Å². The topological polar surface area (TPSA) is 126 Å². The van der Waals surface area contributed by atoms with Crippen LogP contribution in [0.2, 0.25) is 0 Å². The van der Waals surface area contributed by atoms with E-state index in [4.69, 9.17) is 19.3 Å². The molecule has 0 aromatic heterocycles. The summed E-state index contributed by atoms with van der Waals surface area (Å²) in [5.41, 5.74) is 0.943. The van der Waals surface area contributed by atoms with E-state index in [0.29, 0.717) is 19.3 Å². The normalized spacial score (nSPS) is 45.2. The molecule has 2 aliphatic heterocycles. The van der Waals surface area contributed by atoms with E-state index in [0.717, 1.165) is 5.57 Å². The number of aliphatic hydroxyl groups is 4. The molecule has 0 bridgehead atoms. The van der Waals surface area contributed by atoms with Crippen molar-refractivity contribution in [3.63, 3.8) is 0 Å². The molecule has 7 atom stereocenters. The molecule has 0 radical (unpaired) electrons. The minimum absolute atomic E-state index is 0.309. The van der Waals surface area contributed by atoms with Gasteiger partial charge in [0.25, 0.3) is 0 Å². The smallest absolute Gasteiger partial charge is 0.331 e. The van der Waals surface area contributed by atoms with Gasteiger partial charge in [0.05, 0.1) is 12.7 Å². The molecule has 2 heterocycles. The van der Waals surface area contributed by atoms with Crippen molar-refractivity contribution in [1.29, 1.82) is 0 Å². The molecular weight excluding hydrogens is 296 g/mol. The molecule has 8 nitrogen and oxygen atoms in total. The van der Waals surface area contributed by atoms with E-state index in [1.807, 2.05) is 0 Å². The molecule has 0 aromatic rings. The Morgan fingerprint density at radius 3 is 2.73 bits per heavy atom. The Kier molecular flexibility index (Phi) is 4.49. The van der Waals surface area contributed by atoms with E-state index < -0.39 is 37.3 Å². The molecule has 1 saturated carbocycles. The lowest BCUT2D eigenvalue weighted by Gasteiger charge is -2.41. The Bertz CT molecular complexity index is 462. The summed E-state index contributed by atoms with van der Waals surface area (Å²) in [7, 11) is 0. The number of aliphatic hydroxyl groups excluding tert-OH is 4. The van der Waals surface area contributed by atoms with E-state index >= 15 is 0 Å². The highest BCUT2D eigenvalue weighted by Crippen LogP contribution is 2.34. The van der Waals surface area contributed by atoms with Crippen LogP contribution in [0.1, 0.15) is 19.3 Å². The fourth-order valence-electron chi connectivity index (χ4n) is 3.10. The zero-order valence-electron chi connectivity index (χ0n) is 11.9. The maximum absolute atomic E-state index is 11.2. The van der Waals surface area contributed by atoms with Crippen molar-refractivity contribution >= 4 is 5.97 Å². The molecule has 0 unspecified atom stereocenters. The first-order valence-electron chi connectivity index (χ1n) is 7.36. The molecule has 0 spiro atoms. The third kappa shape index (κ3) is 2.90. The molecule has 1 saturated heterocycles. The summed E-state index contributed by atoms with van der Waals surface area (Å²) in [6, 6.07) is 0. The van der Waals surface area contributed by atoms with Crippen LogP contribution >= 0.6 is 0 Å². The van der Waals surface area contributed by atoms with Gasteiger partial charge in [-0.1, -0.05) is 0 Å². The zero-order chi connectivity index (χ0) is 15.9. The highest BCUT2D eigenvalue weighted by Gasteiger charge is 2.45. The largest absolute Gasteiger partial charge is 0.455 e. The van der Waals surface area contributed by atoms with Crippen molar-refractivity contribution in [1.82, 2.24) is 0 Å². The SMILES string of the molecule is O=C1C=C2CC[C@@H](O[C@@H]3O[C@H](CO)[C@@H](O)[C@H](O)[C@H]3O)C[C@H]2O1. The number of esters is 1. The minimum Gasteiger partial charge on any atom is -0.455 e. The van der Waals surface area contributed by atoms with Gasteiger partial charge in [-0.05, 0) is 18.4 Å². The molecule has 3 aliphatic rings. The van der Waals surface area contributed by atoms with Gasteiger partial charge in [0.1, 0.15) is 30.5 Å². The average Bonchev–Trinajstić information content (AvgIpc) is 2.87. The lowest BCUT2D eigenvalue weighted by Crippen LogP contribution is -2.59. The first kappa shape index (κ1) is 15.9. The summed E-state index contributed by atoms with van der Waals surface area (Å²) in [6.45, 7) is -0.497. The van der Waals surface area contributed by atoms with E-state index in [1.54, 1.807) is 0 Å². The van der Waals surface area contributed by atoms with E-state index in [2.05, 4.69) is 0 Å². The van der Waals surface area contributed by atoms with Gasteiger partial charge in [-0.3, -0.25) is 0 Å². The molecule has 8 heteroatoms. The molecule has 2 fully saturated rings. The Morgan fingerprint density at radius 1 is 1.23 bits per heavy atom. The molecule has 3 rings (SSSR count). The second-order valence-electron chi connectivity index (χ2n) is 5.87. The van der Waals surface area contributed by atoms with Gasteiger partial charge < -0.3 is 34.6 Å². The van der Waals surface area contributed by atoms with Crippen molar-refractivity contribution in [2.24, 2.45) is 0 Å². The van der Waals surface area contributed by atoms with Crippen molar-refractivity contribution in [2.75, 3.05) is 6.61 Å². The summed E-state index contributed by atoms with van der Waals surface area (Å²) >= 11 is 0. The van der Waals surface area contributed by atoms with Crippen LogP contribution < -0.4 is 0 Å². The third-order valence-electron chi connectivity index (χ3n) is 4.38. The van der Waals surface area contributed by atoms with Gasteiger partial charge >= 0.3 is 5.97 Å². The van der Waals surface area contributed by atoms with Crippen LogP contribution in [-0.4, -0.2) is 75.9 Å². The summed E-state index contributed by atoms with van der Waals surface area (Å²) < 4.78 is 16.1. The number of hydrogen-bond donors (Lipinski definition) is 4. The number of rotatable bonds is 3. The van der Waals surface area contributed by atoms with Crippen molar-refractivity contribution < 1.29 is 39.4 Å². The lowest BCUT2D eigenvalue weighted by atomic mass is 9.90. The average molecular weight is 316 g/mol. The lowest BCUT2D eigenvalue weighted by molar-refractivity contribution is -0.313. The molecule has 1 aliphatic carbocycles. The first-order valence-corrected chi connectivity index (χ1v) is 7.36. The molecular formula is C14H20O8. The standard InChI is InChI=1S/C14H20O8/c15-5-9-11(17)12(18)13(19)14(22-9)20-7-2-1-6-3-10(16)21-8(6)4-7/h3,7-9,11-15,17-19H,1-2,4-5H2/t7-,8-,9-,11-,12+,13-,14-/m1/s1. The number of hydrogen-bond acceptors (Lipinski definition) is 8. The highest BCUT2D eigenvalue weighted by molar-refractivity contribution is 5.85. The van der Waals surface area contributed by atoms with Gasteiger partial charge in [0, 0.05) is 12.5 Å².